The van der Waals surface area contributed by atoms with Crippen molar-refractivity contribution in [2.45, 2.75) is 26.3 Å². The van der Waals surface area contributed by atoms with Gasteiger partial charge >= 0.3 is 0 Å². The van der Waals surface area contributed by atoms with E-state index in [1.807, 2.05) is 42.9 Å². The first-order chi connectivity index (χ1) is 9.70. The summed E-state index contributed by atoms with van der Waals surface area (Å²) in [6.45, 7) is 4.82. The van der Waals surface area contributed by atoms with Gasteiger partial charge in [-0.15, -0.1) is 11.3 Å². The van der Waals surface area contributed by atoms with Crippen LogP contribution in [0.5, 0.6) is 0 Å². The Balaban J connectivity index is 2.04. The third-order valence-electron chi connectivity index (χ3n) is 2.92. The molecule has 2 aromatic rings. The molecule has 0 saturated heterocycles. The van der Waals surface area contributed by atoms with Crippen LogP contribution in [0.25, 0.3) is 0 Å². The Kier molecular flexibility index (Phi) is 5.12. The number of amides is 1. The molecule has 0 aliphatic carbocycles. The Morgan fingerprint density at radius 1 is 1.45 bits per heavy atom. The molecule has 0 radical (unpaired) electrons. The van der Waals surface area contributed by atoms with Crippen LogP contribution in [0, 0.1) is 0 Å². The highest BCUT2D eigenvalue weighted by atomic mass is 32.1. The molecular weight excluding hydrogens is 270 g/mol. The van der Waals surface area contributed by atoms with Crippen LogP contribution in [0.1, 0.15) is 41.5 Å². The van der Waals surface area contributed by atoms with E-state index in [2.05, 4.69) is 22.5 Å². The summed E-state index contributed by atoms with van der Waals surface area (Å²) in [5.74, 6) is -0.0269. The van der Waals surface area contributed by atoms with Crippen LogP contribution in [0.2, 0.25) is 0 Å². The van der Waals surface area contributed by atoms with Gasteiger partial charge in [0.05, 0.1) is 11.6 Å². The van der Waals surface area contributed by atoms with Crippen molar-refractivity contribution in [3.63, 3.8) is 0 Å². The normalized spacial score (nSPS) is 11.9. The van der Waals surface area contributed by atoms with Crippen molar-refractivity contribution in [2.75, 3.05) is 11.9 Å². The first-order valence-corrected chi connectivity index (χ1v) is 7.62. The summed E-state index contributed by atoms with van der Waals surface area (Å²) in [4.78, 5) is 17.2. The lowest BCUT2D eigenvalue weighted by Gasteiger charge is -2.14. The van der Waals surface area contributed by atoms with Crippen LogP contribution in [0.15, 0.2) is 36.0 Å². The van der Waals surface area contributed by atoms with Gasteiger partial charge in [-0.1, -0.05) is 13.0 Å². The second kappa shape index (κ2) is 7.05. The topological polar surface area (TPSA) is 54.0 Å². The molecular formula is C15H19N3OS. The summed E-state index contributed by atoms with van der Waals surface area (Å²) in [7, 11) is 0. The molecule has 5 heteroatoms. The number of thiazole rings is 1. The van der Waals surface area contributed by atoms with Crippen LogP contribution in [-0.4, -0.2) is 17.4 Å². The second-order valence-electron chi connectivity index (χ2n) is 4.61. The third-order valence-corrected chi connectivity index (χ3v) is 3.88. The summed E-state index contributed by atoms with van der Waals surface area (Å²) in [6.07, 6.45) is 2.80. The van der Waals surface area contributed by atoms with Gasteiger partial charge in [0.2, 0.25) is 0 Å². The van der Waals surface area contributed by atoms with Gasteiger partial charge in [-0.25, -0.2) is 0 Å². The van der Waals surface area contributed by atoms with Crippen molar-refractivity contribution in [2.24, 2.45) is 0 Å². The lowest BCUT2D eigenvalue weighted by atomic mass is 10.1. The molecule has 1 unspecified atom stereocenters. The van der Waals surface area contributed by atoms with Gasteiger partial charge in [-0.05, 0) is 31.5 Å². The number of carbonyl (C=O) groups is 1. The van der Waals surface area contributed by atoms with Crippen LogP contribution in [-0.2, 0) is 0 Å². The molecule has 106 valence electrons. The van der Waals surface area contributed by atoms with Gasteiger partial charge in [-0.3, -0.25) is 9.78 Å². The zero-order chi connectivity index (χ0) is 14.4. The van der Waals surface area contributed by atoms with Crippen molar-refractivity contribution in [3.8, 4) is 0 Å². The SMILES string of the molecule is CCCNC(=O)c1cccc(NC(C)c2cncs2)c1. The molecule has 0 aliphatic rings. The fraction of sp³-hybridized carbons (Fsp3) is 0.333. The number of benzene rings is 1. The van der Waals surface area contributed by atoms with Crippen LogP contribution in [0.4, 0.5) is 5.69 Å². The lowest BCUT2D eigenvalue weighted by Crippen LogP contribution is -2.24. The van der Waals surface area contributed by atoms with E-state index in [1.165, 1.54) is 4.88 Å². The minimum Gasteiger partial charge on any atom is -0.378 e. The Morgan fingerprint density at radius 3 is 3.00 bits per heavy atom. The maximum atomic E-state index is 11.9. The van der Waals surface area contributed by atoms with E-state index in [0.717, 1.165) is 12.1 Å². The first-order valence-electron chi connectivity index (χ1n) is 6.74. The standard InChI is InChI=1S/C15H19N3OS/c1-3-7-17-15(19)12-5-4-6-13(8-12)18-11(2)14-9-16-10-20-14/h4-6,8-11,18H,3,7H2,1-2H3,(H,17,19). The van der Waals surface area contributed by atoms with E-state index >= 15 is 0 Å². The highest BCUT2D eigenvalue weighted by Gasteiger charge is 2.09. The van der Waals surface area contributed by atoms with E-state index in [-0.39, 0.29) is 11.9 Å². The highest BCUT2D eigenvalue weighted by Crippen LogP contribution is 2.22. The molecule has 1 atom stereocenters. The Bertz CT molecular complexity index is 554. The van der Waals surface area contributed by atoms with E-state index in [9.17, 15) is 4.79 Å². The molecule has 2 rings (SSSR count). The molecule has 0 bridgehead atoms. The average molecular weight is 289 g/mol. The van der Waals surface area contributed by atoms with Gasteiger partial charge in [0, 0.05) is 28.9 Å². The number of nitrogens with zero attached hydrogens (tertiary/aromatic N) is 1. The maximum Gasteiger partial charge on any atom is 0.251 e. The molecule has 0 aliphatic heterocycles. The van der Waals surface area contributed by atoms with Crippen molar-refractivity contribution < 1.29 is 4.79 Å². The Morgan fingerprint density at radius 2 is 2.30 bits per heavy atom. The lowest BCUT2D eigenvalue weighted by molar-refractivity contribution is 0.0953. The monoisotopic (exact) mass is 289 g/mol. The molecule has 1 amide bonds. The van der Waals surface area contributed by atoms with Crippen molar-refractivity contribution >= 4 is 22.9 Å². The smallest absolute Gasteiger partial charge is 0.251 e. The molecule has 1 aromatic carbocycles. The number of aromatic nitrogens is 1. The average Bonchev–Trinajstić information content (AvgIpc) is 2.99. The second-order valence-corrected chi connectivity index (χ2v) is 5.52. The van der Waals surface area contributed by atoms with Gasteiger partial charge in [-0.2, -0.15) is 0 Å². The molecule has 0 saturated carbocycles. The van der Waals surface area contributed by atoms with E-state index in [0.29, 0.717) is 12.1 Å². The molecule has 1 heterocycles. The quantitative estimate of drug-likeness (QED) is 0.856. The number of hydrogen-bond acceptors (Lipinski definition) is 4. The van der Waals surface area contributed by atoms with Gasteiger partial charge in [0.1, 0.15) is 0 Å². The molecule has 2 N–H and O–H groups in total. The highest BCUT2D eigenvalue weighted by molar-refractivity contribution is 7.09. The van der Waals surface area contributed by atoms with Crippen LogP contribution >= 0.6 is 11.3 Å². The zero-order valence-corrected chi connectivity index (χ0v) is 12.5. The molecule has 4 nitrogen and oxygen atoms in total. The van der Waals surface area contributed by atoms with Crippen LogP contribution in [0.3, 0.4) is 0 Å². The predicted octanol–water partition coefficient (Wildman–Crippen LogP) is 3.46. The fourth-order valence-electron chi connectivity index (χ4n) is 1.85. The minimum atomic E-state index is -0.0269. The molecule has 0 fully saturated rings. The third kappa shape index (κ3) is 3.81. The summed E-state index contributed by atoms with van der Waals surface area (Å²) in [6, 6.07) is 7.74. The van der Waals surface area contributed by atoms with E-state index in [1.54, 1.807) is 11.3 Å². The van der Waals surface area contributed by atoms with E-state index < -0.39 is 0 Å². The van der Waals surface area contributed by atoms with E-state index in [4.69, 9.17) is 0 Å². The molecule has 1 aromatic heterocycles. The Labute approximate surface area is 123 Å². The van der Waals surface area contributed by atoms with Gasteiger partial charge in [0.25, 0.3) is 5.91 Å². The summed E-state index contributed by atoms with van der Waals surface area (Å²) < 4.78 is 0. The zero-order valence-electron chi connectivity index (χ0n) is 11.7. The van der Waals surface area contributed by atoms with Crippen LogP contribution < -0.4 is 10.6 Å². The molecule has 0 spiro atoms. The number of carbonyl (C=O) groups excluding carboxylic acids is 1. The predicted molar refractivity (Wildman–Crippen MR) is 83.2 cm³/mol. The van der Waals surface area contributed by atoms with Gasteiger partial charge in [0.15, 0.2) is 0 Å². The fourth-order valence-corrected chi connectivity index (χ4v) is 2.48. The largest absolute Gasteiger partial charge is 0.378 e. The maximum absolute atomic E-state index is 11.9. The van der Waals surface area contributed by atoms with Crippen molar-refractivity contribution in [3.05, 3.63) is 46.4 Å². The summed E-state index contributed by atoms with van der Waals surface area (Å²) >= 11 is 1.62. The number of hydrogen-bond donors (Lipinski definition) is 2. The summed E-state index contributed by atoms with van der Waals surface area (Å²) in [5.41, 5.74) is 3.44. The molecule has 20 heavy (non-hydrogen) atoms. The van der Waals surface area contributed by atoms with Crippen molar-refractivity contribution in [1.29, 1.82) is 0 Å². The summed E-state index contributed by atoms with van der Waals surface area (Å²) in [5, 5.41) is 6.27. The Hall–Kier alpha value is -1.88. The van der Waals surface area contributed by atoms with Gasteiger partial charge < -0.3 is 10.6 Å². The first kappa shape index (κ1) is 14.5. The number of rotatable bonds is 6. The number of anilines is 1. The van der Waals surface area contributed by atoms with Crippen molar-refractivity contribution in [1.82, 2.24) is 10.3 Å². The minimum absolute atomic E-state index is 0.0269. The number of nitrogens with one attached hydrogen (secondary N) is 2.